The number of nitrogen functional groups attached to an aromatic ring is 1. The molecule has 0 aromatic heterocycles. The molecule has 0 aliphatic carbocycles. The van der Waals surface area contributed by atoms with Crippen molar-refractivity contribution in [3.05, 3.63) is 23.3 Å². The lowest BCUT2D eigenvalue weighted by Gasteiger charge is -2.06. The minimum Gasteiger partial charge on any atom is -0.508 e. The quantitative estimate of drug-likeness (QED) is 0.386. The molecule has 0 unspecified atom stereocenters. The molecule has 0 heterocycles. The Hall–Kier alpha value is -1.51. The van der Waals surface area contributed by atoms with Gasteiger partial charge >= 0.3 is 0 Å². The van der Waals surface area contributed by atoms with Gasteiger partial charge in [-0.2, -0.15) is 0 Å². The lowest BCUT2D eigenvalue weighted by molar-refractivity contribution is 0.471. The number of hydrogen-bond donors (Lipinski definition) is 3. The summed E-state index contributed by atoms with van der Waals surface area (Å²) < 4.78 is 0. The van der Waals surface area contributed by atoms with E-state index in [1.165, 1.54) is 6.07 Å². The Morgan fingerprint density at radius 2 is 1.62 bits per heavy atom. The maximum Gasteiger partial charge on any atom is 0.119 e. The van der Waals surface area contributed by atoms with Crippen LogP contribution in [0.15, 0.2) is 12.1 Å². The first-order valence-corrected chi connectivity index (χ1v) is 5.67. The van der Waals surface area contributed by atoms with Crippen molar-refractivity contribution in [2.24, 2.45) is 0 Å². The Labute approximate surface area is 98.8 Å². The second-order valence-electron chi connectivity index (χ2n) is 2.85. The van der Waals surface area contributed by atoms with Gasteiger partial charge in [0, 0.05) is 17.0 Å². The van der Waals surface area contributed by atoms with Crippen LogP contribution in [0.4, 0.5) is 5.69 Å². The molecule has 1 rings (SSSR count). The SMILES string of the molecule is CC.CC.CC(=N)c1cc(O)c(C)cc1N. The molecule has 3 nitrogen and oxygen atoms in total. The highest BCUT2D eigenvalue weighted by Gasteiger charge is 2.04. The second-order valence-corrected chi connectivity index (χ2v) is 2.85. The Morgan fingerprint density at radius 1 is 1.19 bits per heavy atom. The third kappa shape index (κ3) is 4.82. The average Bonchev–Trinajstić information content (AvgIpc) is 2.28. The van der Waals surface area contributed by atoms with Crippen molar-refractivity contribution in [2.45, 2.75) is 41.5 Å². The second kappa shape index (κ2) is 8.77. The molecule has 0 aliphatic rings. The number of rotatable bonds is 1. The predicted molar refractivity (Wildman–Crippen MR) is 72.5 cm³/mol. The lowest BCUT2D eigenvalue weighted by Crippen LogP contribution is -1.99. The van der Waals surface area contributed by atoms with Crippen LogP contribution in [0.3, 0.4) is 0 Å². The fraction of sp³-hybridized carbons (Fsp3) is 0.462. The number of aromatic hydroxyl groups is 1. The van der Waals surface area contributed by atoms with E-state index in [0.29, 0.717) is 17.0 Å². The van der Waals surface area contributed by atoms with Crippen molar-refractivity contribution in [1.82, 2.24) is 0 Å². The van der Waals surface area contributed by atoms with Crippen LogP contribution in [0.5, 0.6) is 5.75 Å². The zero-order valence-corrected chi connectivity index (χ0v) is 11.2. The van der Waals surface area contributed by atoms with Gasteiger partial charge in [-0.25, -0.2) is 0 Å². The summed E-state index contributed by atoms with van der Waals surface area (Å²) in [5, 5.41) is 16.7. The summed E-state index contributed by atoms with van der Waals surface area (Å²) in [6.07, 6.45) is 0. The van der Waals surface area contributed by atoms with Crippen molar-refractivity contribution < 1.29 is 5.11 Å². The summed E-state index contributed by atoms with van der Waals surface area (Å²) in [5.74, 6) is 0.186. The van der Waals surface area contributed by atoms with E-state index < -0.39 is 0 Å². The first-order chi connectivity index (χ1) is 7.52. The van der Waals surface area contributed by atoms with E-state index in [2.05, 4.69) is 0 Å². The highest BCUT2D eigenvalue weighted by atomic mass is 16.3. The summed E-state index contributed by atoms with van der Waals surface area (Å²) in [6.45, 7) is 11.4. The van der Waals surface area contributed by atoms with Crippen LogP contribution in [0.2, 0.25) is 0 Å². The number of benzene rings is 1. The number of nitrogens with two attached hydrogens (primary N) is 1. The van der Waals surface area contributed by atoms with Gasteiger partial charge in [0.2, 0.25) is 0 Å². The Balaban J connectivity index is 0. The molecule has 0 radical (unpaired) electrons. The van der Waals surface area contributed by atoms with E-state index >= 15 is 0 Å². The zero-order chi connectivity index (χ0) is 13.3. The van der Waals surface area contributed by atoms with Crippen LogP contribution in [-0.2, 0) is 0 Å². The number of nitrogens with one attached hydrogen (secondary N) is 1. The summed E-state index contributed by atoms with van der Waals surface area (Å²) in [5.41, 5.74) is 7.87. The van der Waals surface area contributed by atoms with Gasteiger partial charge in [-0.15, -0.1) is 0 Å². The van der Waals surface area contributed by atoms with Crippen molar-refractivity contribution in [1.29, 1.82) is 5.41 Å². The monoisotopic (exact) mass is 224 g/mol. The topological polar surface area (TPSA) is 70.1 Å². The minimum atomic E-state index is 0.186. The molecule has 0 aliphatic heterocycles. The molecule has 4 N–H and O–H groups in total. The molecule has 0 fully saturated rings. The summed E-state index contributed by atoms with van der Waals surface area (Å²) in [6, 6.07) is 3.19. The third-order valence-corrected chi connectivity index (χ3v) is 1.77. The van der Waals surface area contributed by atoms with Crippen molar-refractivity contribution in [3.63, 3.8) is 0 Å². The zero-order valence-electron chi connectivity index (χ0n) is 11.2. The Morgan fingerprint density at radius 3 is 2.00 bits per heavy atom. The maximum atomic E-state index is 9.32. The molecule has 1 aromatic carbocycles. The number of hydrogen-bond acceptors (Lipinski definition) is 3. The van der Waals surface area contributed by atoms with Crippen molar-refractivity contribution in [2.75, 3.05) is 5.73 Å². The highest BCUT2D eigenvalue weighted by molar-refractivity contribution is 6.01. The largest absolute Gasteiger partial charge is 0.508 e. The van der Waals surface area contributed by atoms with E-state index in [-0.39, 0.29) is 5.75 Å². The van der Waals surface area contributed by atoms with Gasteiger partial charge in [-0.3, -0.25) is 0 Å². The fourth-order valence-corrected chi connectivity index (χ4v) is 1.04. The molecular formula is C13H24N2O. The van der Waals surface area contributed by atoms with Crippen molar-refractivity contribution in [3.8, 4) is 5.75 Å². The van der Waals surface area contributed by atoms with Crippen LogP contribution in [0.25, 0.3) is 0 Å². The molecule has 0 bridgehead atoms. The number of anilines is 1. The predicted octanol–water partition coefficient (Wildman–Crippen LogP) is 3.72. The molecule has 0 amide bonds. The molecule has 0 saturated carbocycles. The van der Waals surface area contributed by atoms with Gasteiger partial charge in [0.05, 0.1) is 0 Å². The number of phenols is 1. The molecule has 0 saturated heterocycles. The van der Waals surface area contributed by atoms with E-state index in [9.17, 15) is 5.11 Å². The van der Waals surface area contributed by atoms with Crippen LogP contribution in [0.1, 0.15) is 45.7 Å². The van der Waals surface area contributed by atoms with Gasteiger partial charge in [-0.05, 0) is 31.5 Å². The minimum absolute atomic E-state index is 0.186. The van der Waals surface area contributed by atoms with Gasteiger partial charge in [0.15, 0.2) is 0 Å². The van der Waals surface area contributed by atoms with E-state index in [4.69, 9.17) is 11.1 Å². The normalized spacial score (nSPS) is 8.12. The molecule has 0 spiro atoms. The molecule has 1 aromatic rings. The van der Waals surface area contributed by atoms with Crippen LogP contribution >= 0.6 is 0 Å². The van der Waals surface area contributed by atoms with Gasteiger partial charge in [-0.1, -0.05) is 27.7 Å². The maximum absolute atomic E-state index is 9.32. The van der Waals surface area contributed by atoms with Gasteiger partial charge < -0.3 is 16.2 Å². The van der Waals surface area contributed by atoms with Crippen LogP contribution < -0.4 is 5.73 Å². The Kier molecular flexibility index (Phi) is 9.27. The Bertz CT molecular complexity index is 333. The molecule has 3 heteroatoms. The van der Waals surface area contributed by atoms with Crippen LogP contribution in [0, 0.1) is 12.3 Å². The highest BCUT2D eigenvalue weighted by Crippen LogP contribution is 2.23. The summed E-state index contributed by atoms with van der Waals surface area (Å²) >= 11 is 0. The fourth-order valence-electron chi connectivity index (χ4n) is 1.04. The molecule has 92 valence electrons. The van der Waals surface area contributed by atoms with Crippen LogP contribution in [-0.4, -0.2) is 10.8 Å². The van der Waals surface area contributed by atoms with E-state index in [0.717, 1.165) is 5.56 Å². The third-order valence-electron chi connectivity index (χ3n) is 1.77. The number of phenolic OH excluding ortho intramolecular Hbond substituents is 1. The lowest BCUT2D eigenvalue weighted by atomic mass is 10.1. The molecular weight excluding hydrogens is 200 g/mol. The van der Waals surface area contributed by atoms with Crippen molar-refractivity contribution >= 4 is 11.4 Å². The summed E-state index contributed by atoms with van der Waals surface area (Å²) in [4.78, 5) is 0. The smallest absolute Gasteiger partial charge is 0.119 e. The van der Waals surface area contributed by atoms with E-state index in [1.54, 1.807) is 19.9 Å². The first-order valence-electron chi connectivity index (χ1n) is 5.67. The average molecular weight is 224 g/mol. The van der Waals surface area contributed by atoms with E-state index in [1.807, 2.05) is 27.7 Å². The van der Waals surface area contributed by atoms with Gasteiger partial charge in [0.1, 0.15) is 5.75 Å². The number of aryl methyl sites for hydroxylation is 1. The molecule has 16 heavy (non-hydrogen) atoms. The summed E-state index contributed by atoms with van der Waals surface area (Å²) in [7, 11) is 0. The first kappa shape index (κ1) is 16.9. The standard InChI is InChI=1S/C9H12N2O.2C2H6/c1-5-3-8(11)7(6(2)10)4-9(5)12;2*1-2/h3-4,10,12H,11H2,1-2H3;2*1-2H3. The molecule has 0 atom stereocenters. The van der Waals surface area contributed by atoms with Gasteiger partial charge in [0.25, 0.3) is 0 Å².